The van der Waals surface area contributed by atoms with E-state index in [1.807, 2.05) is 30.6 Å². The molecule has 0 aliphatic carbocycles. The van der Waals surface area contributed by atoms with Crippen molar-refractivity contribution in [3.05, 3.63) is 59.9 Å². The zero-order chi connectivity index (χ0) is 14.5. The molecule has 118 valence electrons. The molecular weight excluding hydrogens is 298 g/mol. The van der Waals surface area contributed by atoms with E-state index in [0.717, 1.165) is 31.9 Å². The number of benzene rings is 1. The molecule has 1 fully saturated rings. The molecule has 4 nitrogen and oxygen atoms in total. The highest BCUT2D eigenvalue weighted by molar-refractivity contribution is 5.85. The fraction of sp³-hybridized carbons (Fsp3) is 0.353. The summed E-state index contributed by atoms with van der Waals surface area (Å²) in [6, 6.07) is 12.9. The summed E-state index contributed by atoms with van der Waals surface area (Å²) in [5, 5.41) is 3.48. The number of pyridine rings is 1. The van der Waals surface area contributed by atoms with Gasteiger partial charge >= 0.3 is 0 Å². The van der Waals surface area contributed by atoms with E-state index in [9.17, 15) is 0 Å². The van der Waals surface area contributed by atoms with E-state index < -0.39 is 0 Å². The minimum Gasteiger partial charge on any atom is -0.497 e. The molecule has 1 atom stereocenters. The van der Waals surface area contributed by atoms with Crippen LogP contribution in [0.3, 0.4) is 0 Å². The molecule has 5 heteroatoms. The Balaban J connectivity index is 0.00000176. The standard InChI is InChI=1S/C17H21N3O.ClH/c1-21-16-6-4-14(5-7-16)13-20-10-9-19-12-17(20)15-3-2-8-18-11-15;/h2-8,11,17,19H,9-10,12-13H2,1H3;1H. The zero-order valence-electron chi connectivity index (χ0n) is 12.7. The lowest BCUT2D eigenvalue weighted by molar-refractivity contribution is 0.153. The van der Waals surface area contributed by atoms with Gasteiger partial charge in [-0.15, -0.1) is 12.4 Å². The minimum atomic E-state index is 0. The third-order valence-corrected chi connectivity index (χ3v) is 3.97. The van der Waals surface area contributed by atoms with E-state index in [4.69, 9.17) is 4.74 Å². The van der Waals surface area contributed by atoms with Crippen LogP contribution in [-0.2, 0) is 6.54 Å². The van der Waals surface area contributed by atoms with E-state index in [1.54, 1.807) is 7.11 Å². The molecule has 0 spiro atoms. The number of nitrogens with zero attached hydrogens (tertiary/aromatic N) is 2. The van der Waals surface area contributed by atoms with Crippen LogP contribution in [0.4, 0.5) is 0 Å². The average molecular weight is 320 g/mol. The Bertz CT molecular complexity index is 562. The molecule has 22 heavy (non-hydrogen) atoms. The third-order valence-electron chi connectivity index (χ3n) is 3.97. The SMILES string of the molecule is COc1ccc(CN2CCNCC2c2cccnc2)cc1.Cl. The van der Waals surface area contributed by atoms with Crippen molar-refractivity contribution >= 4 is 12.4 Å². The molecule has 1 N–H and O–H groups in total. The maximum absolute atomic E-state index is 5.22. The monoisotopic (exact) mass is 319 g/mol. The normalized spacial score (nSPS) is 18.5. The summed E-state index contributed by atoms with van der Waals surface area (Å²) in [6.45, 7) is 4.01. The maximum atomic E-state index is 5.22. The van der Waals surface area contributed by atoms with Gasteiger partial charge in [0.25, 0.3) is 0 Å². The summed E-state index contributed by atoms with van der Waals surface area (Å²) in [5.41, 5.74) is 2.59. The predicted octanol–water partition coefficient (Wildman–Crippen LogP) is 2.66. The molecule has 2 heterocycles. The van der Waals surface area contributed by atoms with Gasteiger partial charge in [0.15, 0.2) is 0 Å². The molecule has 2 aromatic rings. The van der Waals surface area contributed by atoms with Gasteiger partial charge in [-0.25, -0.2) is 0 Å². The van der Waals surface area contributed by atoms with Crippen LogP contribution in [0.2, 0.25) is 0 Å². The number of hydrogen-bond donors (Lipinski definition) is 1. The fourth-order valence-corrected chi connectivity index (χ4v) is 2.80. The van der Waals surface area contributed by atoms with E-state index in [1.165, 1.54) is 11.1 Å². The summed E-state index contributed by atoms with van der Waals surface area (Å²) in [4.78, 5) is 6.76. The molecule has 0 saturated carbocycles. The van der Waals surface area contributed by atoms with Crippen LogP contribution in [0.25, 0.3) is 0 Å². The Labute approximate surface area is 137 Å². The molecule has 1 aromatic heterocycles. The topological polar surface area (TPSA) is 37.4 Å². The molecule has 1 aliphatic heterocycles. The van der Waals surface area contributed by atoms with Gasteiger partial charge in [-0.2, -0.15) is 0 Å². The van der Waals surface area contributed by atoms with Crippen molar-refractivity contribution < 1.29 is 4.74 Å². The van der Waals surface area contributed by atoms with Crippen molar-refractivity contribution in [3.63, 3.8) is 0 Å². The number of methoxy groups -OCH3 is 1. The molecule has 1 unspecified atom stereocenters. The Morgan fingerprint density at radius 3 is 2.77 bits per heavy atom. The highest BCUT2D eigenvalue weighted by Gasteiger charge is 2.23. The van der Waals surface area contributed by atoms with E-state index in [-0.39, 0.29) is 12.4 Å². The summed E-state index contributed by atoms with van der Waals surface area (Å²) in [6.07, 6.45) is 3.80. The molecule has 0 bridgehead atoms. The Morgan fingerprint density at radius 2 is 2.09 bits per heavy atom. The van der Waals surface area contributed by atoms with E-state index in [2.05, 4.69) is 33.4 Å². The van der Waals surface area contributed by atoms with Gasteiger partial charge in [0.2, 0.25) is 0 Å². The first kappa shape index (κ1) is 16.7. The second-order valence-electron chi connectivity index (χ2n) is 5.32. The van der Waals surface area contributed by atoms with Crippen LogP contribution in [0.1, 0.15) is 17.2 Å². The molecule has 3 rings (SSSR count). The van der Waals surface area contributed by atoms with Crippen LogP contribution < -0.4 is 10.1 Å². The van der Waals surface area contributed by atoms with Crippen LogP contribution in [-0.4, -0.2) is 36.6 Å². The highest BCUT2D eigenvalue weighted by Crippen LogP contribution is 2.24. The van der Waals surface area contributed by atoms with E-state index in [0.29, 0.717) is 6.04 Å². The van der Waals surface area contributed by atoms with Gasteiger partial charge in [0, 0.05) is 44.6 Å². The fourth-order valence-electron chi connectivity index (χ4n) is 2.80. The Hall–Kier alpha value is -1.62. The molecule has 0 amide bonds. The highest BCUT2D eigenvalue weighted by atomic mass is 35.5. The summed E-state index contributed by atoms with van der Waals surface area (Å²) in [7, 11) is 1.70. The van der Waals surface area contributed by atoms with Crippen molar-refractivity contribution in [2.24, 2.45) is 0 Å². The van der Waals surface area contributed by atoms with Crippen LogP contribution in [0, 0.1) is 0 Å². The lowest BCUT2D eigenvalue weighted by Crippen LogP contribution is -2.45. The molecule has 1 aromatic carbocycles. The molecular formula is C17H22ClN3O. The van der Waals surface area contributed by atoms with Gasteiger partial charge in [-0.3, -0.25) is 9.88 Å². The van der Waals surface area contributed by atoms with Gasteiger partial charge in [0.1, 0.15) is 5.75 Å². The van der Waals surface area contributed by atoms with Crippen molar-refractivity contribution in [2.75, 3.05) is 26.7 Å². The van der Waals surface area contributed by atoms with Crippen molar-refractivity contribution in [1.82, 2.24) is 15.2 Å². The Morgan fingerprint density at radius 1 is 1.27 bits per heavy atom. The predicted molar refractivity (Wildman–Crippen MR) is 90.5 cm³/mol. The quantitative estimate of drug-likeness (QED) is 0.940. The largest absolute Gasteiger partial charge is 0.497 e. The van der Waals surface area contributed by atoms with Crippen molar-refractivity contribution in [2.45, 2.75) is 12.6 Å². The van der Waals surface area contributed by atoms with E-state index >= 15 is 0 Å². The third kappa shape index (κ3) is 3.97. The van der Waals surface area contributed by atoms with Crippen molar-refractivity contribution in [1.29, 1.82) is 0 Å². The summed E-state index contributed by atoms with van der Waals surface area (Å²) >= 11 is 0. The second kappa shape index (κ2) is 8.13. The number of ether oxygens (including phenoxy) is 1. The first-order chi connectivity index (χ1) is 10.4. The average Bonchev–Trinajstić information content (AvgIpc) is 2.57. The molecule has 1 saturated heterocycles. The lowest BCUT2D eigenvalue weighted by atomic mass is 10.0. The van der Waals surface area contributed by atoms with Crippen molar-refractivity contribution in [3.8, 4) is 5.75 Å². The van der Waals surface area contributed by atoms with Crippen LogP contribution in [0.5, 0.6) is 5.75 Å². The second-order valence-corrected chi connectivity index (χ2v) is 5.32. The number of piperazine rings is 1. The smallest absolute Gasteiger partial charge is 0.118 e. The molecule has 1 aliphatic rings. The van der Waals surface area contributed by atoms with Crippen LogP contribution in [0.15, 0.2) is 48.8 Å². The zero-order valence-corrected chi connectivity index (χ0v) is 13.6. The van der Waals surface area contributed by atoms with Gasteiger partial charge < -0.3 is 10.1 Å². The molecule has 0 radical (unpaired) electrons. The Kier molecular flexibility index (Phi) is 6.19. The first-order valence-electron chi connectivity index (χ1n) is 7.34. The van der Waals surface area contributed by atoms with Crippen LogP contribution >= 0.6 is 12.4 Å². The van der Waals surface area contributed by atoms with Gasteiger partial charge in [-0.1, -0.05) is 18.2 Å². The first-order valence-corrected chi connectivity index (χ1v) is 7.34. The number of rotatable bonds is 4. The number of halogens is 1. The number of hydrogen-bond acceptors (Lipinski definition) is 4. The summed E-state index contributed by atoms with van der Waals surface area (Å²) < 4.78 is 5.22. The maximum Gasteiger partial charge on any atom is 0.118 e. The summed E-state index contributed by atoms with van der Waals surface area (Å²) in [5.74, 6) is 0.905. The lowest BCUT2D eigenvalue weighted by Gasteiger charge is -2.36. The number of nitrogens with one attached hydrogen (secondary N) is 1. The van der Waals surface area contributed by atoms with Gasteiger partial charge in [-0.05, 0) is 29.3 Å². The van der Waals surface area contributed by atoms with Gasteiger partial charge in [0.05, 0.1) is 7.11 Å². The number of aromatic nitrogens is 1. The minimum absolute atomic E-state index is 0.